The van der Waals surface area contributed by atoms with E-state index in [9.17, 15) is 4.79 Å². The summed E-state index contributed by atoms with van der Waals surface area (Å²) in [7, 11) is 0. The molecule has 4 nitrogen and oxygen atoms in total. The van der Waals surface area contributed by atoms with Crippen LogP contribution < -0.4 is 5.73 Å². The molecule has 0 fully saturated rings. The van der Waals surface area contributed by atoms with Crippen LogP contribution >= 0.6 is 0 Å². The highest BCUT2D eigenvalue weighted by Gasteiger charge is 2.27. The van der Waals surface area contributed by atoms with Crippen molar-refractivity contribution in [1.82, 2.24) is 5.01 Å². The van der Waals surface area contributed by atoms with Gasteiger partial charge < -0.3 is 5.73 Å². The van der Waals surface area contributed by atoms with E-state index in [1.807, 2.05) is 0 Å². The zero-order valence-corrected chi connectivity index (χ0v) is 8.99. The fraction of sp³-hybridized carbons (Fsp3) is 0.800. The maximum absolute atomic E-state index is 11.6. The molecular formula is C10H19N3O. The molecule has 0 aromatic rings. The molecule has 80 valence electrons. The maximum Gasteiger partial charge on any atom is 0.248 e. The highest BCUT2D eigenvalue weighted by molar-refractivity contribution is 6.05. The van der Waals surface area contributed by atoms with Gasteiger partial charge in [-0.15, -0.1) is 0 Å². The van der Waals surface area contributed by atoms with E-state index in [2.05, 4.69) is 18.9 Å². The molecule has 0 aromatic heterocycles. The quantitative estimate of drug-likeness (QED) is 0.717. The normalized spacial score (nSPS) is 16.7. The third-order valence-corrected chi connectivity index (χ3v) is 2.58. The zero-order valence-electron chi connectivity index (χ0n) is 8.99. The number of hydrazone groups is 1. The Kier molecular flexibility index (Phi) is 4.07. The SMILES string of the molecule is CCC(CC)N1N=C(CCN)CC1=O. The van der Waals surface area contributed by atoms with Crippen LogP contribution in [0.3, 0.4) is 0 Å². The Morgan fingerprint density at radius 1 is 1.50 bits per heavy atom. The summed E-state index contributed by atoms with van der Waals surface area (Å²) in [5.41, 5.74) is 6.36. The van der Waals surface area contributed by atoms with E-state index in [1.165, 1.54) is 0 Å². The van der Waals surface area contributed by atoms with Crippen LogP contribution in [0.15, 0.2) is 5.10 Å². The van der Waals surface area contributed by atoms with Gasteiger partial charge in [0.1, 0.15) is 0 Å². The first-order valence-electron chi connectivity index (χ1n) is 5.31. The molecule has 0 spiro atoms. The van der Waals surface area contributed by atoms with E-state index >= 15 is 0 Å². The van der Waals surface area contributed by atoms with Crippen LogP contribution in [0.2, 0.25) is 0 Å². The van der Waals surface area contributed by atoms with Crippen LogP contribution in [0.4, 0.5) is 0 Å². The van der Waals surface area contributed by atoms with Crippen molar-refractivity contribution in [3.05, 3.63) is 0 Å². The van der Waals surface area contributed by atoms with Crippen molar-refractivity contribution < 1.29 is 4.79 Å². The molecule has 4 heteroatoms. The van der Waals surface area contributed by atoms with Crippen molar-refractivity contribution in [3.63, 3.8) is 0 Å². The molecule has 0 bridgehead atoms. The van der Waals surface area contributed by atoms with Crippen molar-refractivity contribution in [2.24, 2.45) is 10.8 Å². The highest BCUT2D eigenvalue weighted by atomic mass is 16.2. The average molecular weight is 197 g/mol. The Morgan fingerprint density at radius 2 is 2.14 bits per heavy atom. The first-order valence-corrected chi connectivity index (χ1v) is 5.31. The van der Waals surface area contributed by atoms with E-state index < -0.39 is 0 Å². The smallest absolute Gasteiger partial charge is 0.248 e. The third-order valence-electron chi connectivity index (χ3n) is 2.58. The van der Waals surface area contributed by atoms with Gasteiger partial charge >= 0.3 is 0 Å². The van der Waals surface area contributed by atoms with Gasteiger partial charge in [0.2, 0.25) is 5.91 Å². The number of hydrogen-bond acceptors (Lipinski definition) is 3. The van der Waals surface area contributed by atoms with Gasteiger partial charge in [-0.25, -0.2) is 5.01 Å². The van der Waals surface area contributed by atoms with Crippen LogP contribution in [-0.2, 0) is 4.79 Å². The number of nitrogens with zero attached hydrogens (tertiary/aromatic N) is 2. The van der Waals surface area contributed by atoms with E-state index in [4.69, 9.17) is 5.73 Å². The lowest BCUT2D eigenvalue weighted by atomic mass is 10.1. The summed E-state index contributed by atoms with van der Waals surface area (Å²) < 4.78 is 0. The second-order valence-electron chi connectivity index (χ2n) is 3.59. The Balaban J connectivity index is 2.64. The second kappa shape index (κ2) is 5.10. The molecule has 2 N–H and O–H groups in total. The minimum absolute atomic E-state index is 0.127. The van der Waals surface area contributed by atoms with Crippen molar-refractivity contribution in [2.75, 3.05) is 6.54 Å². The van der Waals surface area contributed by atoms with Gasteiger partial charge in [0, 0.05) is 12.1 Å². The van der Waals surface area contributed by atoms with Gasteiger partial charge in [0.25, 0.3) is 0 Å². The predicted molar refractivity (Wildman–Crippen MR) is 56.9 cm³/mol. The lowest BCUT2D eigenvalue weighted by Crippen LogP contribution is -2.31. The van der Waals surface area contributed by atoms with Gasteiger partial charge in [-0.1, -0.05) is 13.8 Å². The van der Waals surface area contributed by atoms with Crippen LogP contribution in [0.1, 0.15) is 39.5 Å². The number of rotatable bonds is 5. The van der Waals surface area contributed by atoms with Crippen molar-refractivity contribution in [1.29, 1.82) is 0 Å². The van der Waals surface area contributed by atoms with Gasteiger partial charge in [0.15, 0.2) is 0 Å². The molecule has 0 atom stereocenters. The molecule has 1 aliphatic heterocycles. The standard InChI is InChI=1S/C10H19N3O/c1-3-9(4-2)13-10(14)7-8(12-13)5-6-11/h9H,3-7,11H2,1-2H3. The summed E-state index contributed by atoms with van der Waals surface area (Å²) in [6, 6.07) is 0.262. The minimum atomic E-state index is 0.127. The van der Waals surface area contributed by atoms with E-state index in [0.717, 1.165) is 25.0 Å². The lowest BCUT2D eigenvalue weighted by molar-refractivity contribution is -0.131. The highest BCUT2D eigenvalue weighted by Crippen LogP contribution is 2.17. The largest absolute Gasteiger partial charge is 0.330 e. The number of nitrogens with two attached hydrogens (primary N) is 1. The third kappa shape index (κ3) is 2.32. The molecule has 1 heterocycles. The molecule has 0 unspecified atom stereocenters. The van der Waals surface area contributed by atoms with Gasteiger partial charge in [-0.05, 0) is 19.4 Å². The molecule has 0 aromatic carbocycles. The molecule has 14 heavy (non-hydrogen) atoms. The number of carbonyl (C=O) groups is 1. The first-order chi connectivity index (χ1) is 6.72. The van der Waals surface area contributed by atoms with E-state index in [1.54, 1.807) is 5.01 Å². The van der Waals surface area contributed by atoms with Crippen LogP contribution in [0.25, 0.3) is 0 Å². The fourth-order valence-corrected chi connectivity index (χ4v) is 1.72. The molecule has 1 rings (SSSR count). The number of hydrogen-bond donors (Lipinski definition) is 1. The fourth-order valence-electron chi connectivity index (χ4n) is 1.72. The minimum Gasteiger partial charge on any atom is -0.330 e. The van der Waals surface area contributed by atoms with Gasteiger partial charge in [-0.2, -0.15) is 5.10 Å². The summed E-state index contributed by atoms with van der Waals surface area (Å²) in [6.45, 7) is 4.73. The van der Waals surface area contributed by atoms with Gasteiger partial charge in [-0.3, -0.25) is 4.79 Å². The predicted octanol–water partition coefficient (Wildman–Crippen LogP) is 1.11. The summed E-state index contributed by atoms with van der Waals surface area (Å²) in [6.07, 6.45) is 3.12. The van der Waals surface area contributed by atoms with Gasteiger partial charge in [0.05, 0.1) is 12.5 Å². The maximum atomic E-state index is 11.6. The average Bonchev–Trinajstić information content (AvgIpc) is 2.51. The molecule has 0 radical (unpaired) electrons. The van der Waals surface area contributed by atoms with E-state index in [-0.39, 0.29) is 11.9 Å². The molecule has 1 amide bonds. The van der Waals surface area contributed by atoms with Crippen molar-refractivity contribution in [2.45, 2.75) is 45.6 Å². The summed E-state index contributed by atoms with van der Waals surface area (Å²) in [5.74, 6) is 0.127. The lowest BCUT2D eigenvalue weighted by Gasteiger charge is -2.21. The summed E-state index contributed by atoms with van der Waals surface area (Å²) in [5, 5.41) is 5.97. The Morgan fingerprint density at radius 3 is 2.64 bits per heavy atom. The zero-order chi connectivity index (χ0) is 10.6. The Bertz CT molecular complexity index is 234. The summed E-state index contributed by atoms with van der Waals surface area (Å²) >= 11 is 0. The monoisotopic (exact) mass is 197 g/mol. The van der Waals surface area contributed by atoms with Crippen molar-refractivity contribution in [3.8, 4) is 0 Å². The number of carbonyl (C=O) groups excluding carboxylic acids is 1. The molecular weight excluding hydrogens is 178 g/mol. The number of amides is 1. The molecule has 1 aliphatic rings. The molecule has 0 saturated carbocycles. The van der Waals surface area contributed by atoms with E-state index in [0.29, 0.717) is 13.0 Å². The Hall–Kier alpha value is -0.900. The van der Waals surface area contributed by atoms with Crippen LogP contribution in [0, 0.1) is 0 Å². The van der Waals surface area contributed by atoms with Crippen molar-refractivity contribution >= 4 is 11.6 Å². The Labute approximate surface area is 85.1 Å². The molecule has 0 saturated heterocycles. The summed E-state index contributed by atoms with van der Waals surface area (Å²) in [4.78, 5) is 11.6. The first kappa shape index (κ1) is 11.2. The molecule has 0 aliphatic carbocycles. The topological polar surface area (TPSA) is 58.7 Å². The van der Waals surface area contributed by atoms with Crippen LogP contribution in [-0.4, -0.2) is 29.2 Å². The second-order valence-corrected chi connectivity index (χ2v) is 3.59. The van der Waals surface area contributed by atoms with Crippen LogP contribution in [0.5, 0.6) is 0 Å².